The van der Waals surface area contributed by atoms with E-state index in [0.29, 0.717) is 0 Å². The van der Waals surface area contributed by atoms with Crippen molar-refractivity contribution in [2.75, 3.05) is 12.4 Å². The predicted octanol–water partition coefficient (Wildman–Crippen LogP) is 4.73. The van der Waals surface area contributed by atoms with E-state index in [9.17, 15) is 0 Å². The van der Waals surface area contributed by atoms with Gasteiger partial charge in [0.05, 0.1) is 7.11 Å². The van der Waals surface area contributed by atoms with Gasteiger partial charge in [-0.1, -0.05) is 43.5 Å². The van der Waals surface area contributed by atoms with Gasteiger partial charge in [-0.15, -0.1) is 0 Å². The number of hydrogen-bond donors (Lipinski definition) is 0. The molecule has 0 saturated heterocycles. The van der Waals surface area contributed by atoms with Gasteiger partial charge in [0.15, 0.2) is 0 Å². The molecule has 0 heterocycles. The number of allylic oxidation sites excluding steroid dienone is 2. The smallest absolute Gasteiger partial charge is 0.119 e. The molecule has 0 amide bonds. The van der Waals surface area contributed by atoms with Crippen LogP contribution in [-0.2, 0) is 6.42 Å². The number of halogens is 2. The average molecular weight is 348 g/mol. The van der Waals surface area contributed by atoms with Crippen LogP contribution in [-0.4, -0.2) is 12.4 Å². The number of hydrogen-bond acceptors (Lipinski definition) is 1. The number of methoxy groups -OCH3 is 1. The van der Waals surface area contributed by atoms with Gasteiger partial charge in [-0.2, -0.15) is 0 Å². The van der Waals surface area contributed by atoms with Crippen molar-refractivity contribution in [3.63, 3.8) is 0 Å². The van der Waals surface area contributed by atoms with Crippen LogP contribution in [0, 0.1) is 0 Å². The second-order valence-corrected chi connectivity index (χ2v) is 5.31. The molecule has 0 aliphatic rings. The zero-order valence-corrected chi connectivity index (χ0v) is 12.8. The molecule has 1 nitrogen and oxygen atoms in total. The maximum atomic E-state index is 5.22. The van der Waals surface area contributed by atoms with Crippen molar-refractivity contribution >= 4 is 31.9 Å². The van der Waals surface area contributed by atoms with E-state index in [1.807, 2.05) is 12.1 Å². The number of ether oxygens (including phenoxy) is 1. The predicted molar refractivity (Wildman–Crippen MR) is 76.6 cm³/mol. The third-order valence-corrected chi connectivity index (χ3v) is 3.56. The highest BCUT2D eigenvalue weighted by atomic mass is 79.9. The Morgan fingerprint density at radius 1 is 1.44 bits per heavy atom. The van der Waals surface area contributed by atoms with Gasteiger partial charge in [0, 0.05) is 9.80 Å². The maximum Gasteiger partial charge on any atom is 0.119 e. The topological polar surface area (TPSA) is 9.23 Å². The third-order valence-electron chi connectivity index (χ3n) is 2.32. The second-order valence-electron chi connectivity index (χ2n) is 3.66. The van der Waals surface area contributed by atoms with Gasteiger partial charge >= 0.3 is 0 Å². The van der Waals surface area contributed by atoms with Crippen LogP contribution in [0.1, 0.15) is 18.9 Å². The summed E-state index contributed by atoms with van der Waals surface area (Å²) in [7, 11) is 1.69. The zero-order chi connectivity index (χ0) is 12.0. The minimum atomic E-state index is 0.909. The molecular weight excluding hydrogens is 332 g/mol. The highest BCUT2D eigenvalue weighted by Gasteiger charge is 2.02. The monoisotopic (exact) mass is 346 g/mol. The van der Waals surface area contributed by atoms with Crippen molar-refractivity contribution in [2.45, 2.75) is 19.8 Å². The fourth-order valence-electron chi connectivity index (χ4n) is 1.49. The molecule has 0 aliphatic heterocycles. The lowest BCUT2D eigenvalue weighted by molar-refractivity contribution is 0.414. The fraction of sp³-hybridized carbons (Fsp3) is 0.385. The van der Waals surface area contributed by atoms with Crippen molar-refractivity contribution in [1.82, 2.24) is 0 Å². The number of alkyl halides is 1. The van der Waals surface area contributed by atoms with Crippen LogP contribution in [0.4, 0.5) is 0 Å². The molecule has 0 radical (unpaired) electrons. The van der Waals surface area contributed by atoms with E-state index in [0.717, 1.165) is 28.4 Å². The molecule has 0 saturated carbocycles. The Morgan fingerprint density at radius 3 is 2.81 bits per heavy atom. The molecular formula is C13H16Br2O. The molecule has 0 bridgehead atoms. The summed E-state index contributed by atoms with van der Waals surface area (Å²) in [6.45, 7) is 2.16. The lowest BCUT2D eigenvalue weighted by atomic mass is 10.1. The minimum absolute atomic E-state index is 0.909. The Hall–Kier alpha value is -0.280. The van der Waals surface area contributed by atoms with E-state index in [4.69, 9.17) is 4.74 Å². The van der Waals surface area contributed by atoms with Crippen LogP contribution in [0.25, 0.3) is 0 Å². The summed E-state index contributed by atoms with van der Waals surface area (Å²) in [6, 6.07) is 6.08. The molecule has 0 unspecified atom stereocenters. The Labute approximate surface area is 114 Å². The normalized spacial score (nSPS) is 11.6. The molecule has 1 aromatic carbocycles. The number of rotatable bonds is 5. The van der Waals surface area contributed by atoms with Gasteiger partial charge in [0.25, 0.3) is 0 Å². The molecule has 1 aromatic rings. The Bertz CT molecular complexity index is 372. The van der Waals surface area contributed by atoms with Crippen molar-refractivity contribution in [1.29, 1.82) is 0 Å². The first-order valence-corrected chi connectivity index (χ1v) is 7.13. The van der Waals surface area contributed by atoms with Gasteiger partial charge in [-0.25, -0.2) is 0 Å². The van der Waals surface area contributed by atoms with E-state index >= 15 is 0 Å². The lowest BCUT2D eigenvalue weighted by Crippen LogP contribution is -1.91. The van der Waals surface area contributed by atoms with Crippen LogP contribution in [0.15, 0.2) is 34.3 Å². The van der Waals surface area contributed by atoms with Gasteiger partial charge in [0.2, 0.25) is 0 Å². The SMILES string of the molecule is COc1ccc(Br)c(CC(C)=CCCBr)c1. The van der Waals surface area contributed by atoms with Gasteiger partial charge < -0.3 is 4.74 Å². The van der Waals surface area contributed by atoms with Crippen LogP contribution >= 0.6 is 31.9 Å². The molecule has 0 atom stereocenters. The van der Waals surface area contributed by atoms with Crippen molar-refractivity contribution in [3.05, 3.63) is 39.9 Å². The highest BCUT2D eigenvalue weighted by Crippen LogP contribution is 2.24. The Balaban J connectivity index is 2.79. The summed E-state index contributed by atoms with van der Waals surface area (Å²) >= 11 is 6.99. The lowest BCUT2D eigenvalue weighted by Gasteiger charge is -2.07. The first kappa shape index (κ1) is 13.8. The van der Waals surface area contributed by atoms with E-state index in [2.05, 4.69) is 50.9 Å². The van der Waals surface area contributed by atoms with Crippen LogP contribution in [0.3, 0.4) is 0 Å². The maximum absolute atomic E-state index is 5.22. The summed E-state index contributed by atoms with van der Waals surface area (Å²) in [5.41, 5.74) is 2.65. The van der Waals surface area contributed by atoms with Crippen molar-refractivity contribution in [3.8, 4) is 5.75 Å². The van der Waals surface area contributed by atoms with Crippen molar-refractivity contribution < 1.29 is 4.74 Å². The summed E-state index contributed by atoms with van der Waals surface area (Å²) in [5, 5.41) is 1.02. The Kier molecular flexibility index (Phi) is 6.14. The molecule has 0 aliphatic carbocycles. The molecule has 0 spiro atoms. The van der Waals surface area contributed by atoms with Gasteiger partial charge in [-0.05, 0) is 43.5 Å². The van der Waals surface area contributed by atoms with Crippen molar-refractivity contribution in [2.24, 2.45) is 0 Å². The van der Waals surface area contributed by atoms with E-state index in [1.54, 1.807) is 7.11 Å². The largest absolute Gasteiger partial charge is 0.497 e. The third kappa shape index (κ3) is 4.30. The molecule has 88 valence electrons. The standard InChI is InChI=1S/C13H16Br2O/c1-10(4-3-7-14)8-11-9-12(16-2)5-6-13(11)15/h4-6,9H,3,7-8H2,1-2H3. The molecule has 3 heteroatoms. The molecule has 0 aromatic heterocycles. The highest BCUT2D eigenvalue weighted by molar-refractivity contribution is 9.10. The van der Waals surface area contributed by atoms with Crippen LogP contribution < -0.4 is 4.74 Å². The van der Waals surface area contributed by atoms with Crippen LogP contribution in [0.5, 0.6) is 5.75 Å². The van der Waals surface area contributed by atoms with E-state index < -0.39 is 0 Å². The average Bonchev–Trinajstić information content (AvgIpc) is 2.29. The summed E-state index contributed by atoms with van der Waals surface area (Å²) < 4.78 is 6.36. The fourth-order valence-corrected chi connectivity index (χ4v) is 2.10. The molecule has 0 N–H and O–H groups in total. The first-order valence-electron chi connectivity index (χ1n) is 5.21. The van der Waals surface area contributed by atoms with E-state index in [1.165, 1.54) is 11.1 Å². The second kappa shape index (κ2) is 7.13. The quantitative estimate of drug-likeness (QED) is 0.552. The minimum Gasteiger partial charge on any atom is -0.497 e. The first-order chi connectivity index (χ1) is 7.67. The molecule has 16 heavy (non-hydrogen) atoms. The van der Waals surface area contributed by atoms with Crippen LogP contribution in [0.2, 0.25) is 0 Å². The van der Waals surface area contributed by atoms with E-state index in [-0.39, 0.29) is 0 Å². The zero-order valence-electron chi connectivity index (χ0n) is 9.59. The number of benzene rings is 1. The summed E-state index contributed by atoms with van der Waals surface area (Å²) in [4.78, 5) is 0. The summed E-state index contributed by atoms with van der Waals surface area (Å²) in [5.74, 6) is 0.909. The Morgan fingerprint density at radius 2 is 2.19 bits per heavy atom. The van der Waals surface area contributed by atoms with Gasteiger partial charge in [-0.3, -0.25) is 0 Å². The molecule has 0 fully saturated rings. The van der Waals surface area contributed by atoms with Gasteiger partial charge in [0.1, 0.15) is 5.75 Å². The molecule has 1 rings (SSSR count). The summed E-state index contributed by atoms with van der Waals surface area (Å²) in [6.07, 6.45) is 4.30.